The maximum absolute atomic E-state index is 13.8. The molecule has 0 bridgehead atoms. The first-order valence-electron chi connectivity index (χ1n) is 8.20. The minimum absolute atomic E-state index is 0.105. The van der Waals surface area contributed by atoms with E-state index in [0.29, 0.717) is 12.5 Å². The minimum atomic E-state index is -0.105. The fourth-order valence-electron chi connectivity index (χ4n) is 3.40. The quantitative estimate of drug-likeness (QED) is 0.790. The number of benzene rings is 2. The molecule has 1 aliphatic heterocycles. The molecule has 0 saturated carbocycles. The SMILES string of the molecule is Fc1ccccc1CN1CCC(c2nc3ccccc3[nH]2)CC1. The van der Waals surface area contributed by atoms with Crippen molar-refractivity contribution in [3.8, 4) is 0 Å². The summed E-state index contributed by atoms with van der Waals surface area (Å²) in [6.45, 7) is 2.66. The number of hydrogen-bond donors (Lipinski definition) is 1. The number of aromatic nitrogens is 2. The molecule has 0 radical (unpaired) electrons. The molecule has 0 spiro atoms. The number of imidazole rings is 1. The molecule has 3 aromatic rings. The van der Waals surface area contributed by atoms with E-state index in [1.807, 2.05) is 30.3 Å². The molecule has 118 valence electrons. The summed E-state index contributed by atoms with van der Waals surface area (Å²) in [5, 5.41) is 0. The summed E-state index contributed by atoms with van der Waals surface area (Å²) < 4.78 is 13.8. The number of likely N-dealkylation sites (tertiary alicyclic amines) is 1. The van der Waals surface area contributed by atoms with Crippen molar-refractivity contribution in [2.24, 2.45) is 0 Å². The van der Waals surface area contributed by atoms with Gasteiger partial charge in [0, 0.05) is 18.0 Å². The number of aromatic amines is 1. The molecule has 2 heterocycles. The molecular formula is C19H20FN3. The van der Waals surface area contributed by atoms with Crippen LogP contribution in [-0.2, 0) is 6.54 Å². The van der Waals surface area contributed by atoms with Gasteiger partial charge in [0.05, 0.1) is 11.0 Å². The van der Waals surface area contributed by atoms with Crippen molar-refractivity contribution in [3.05, 3.63) is 65.7 Å². The summed E-state index contributed by atoms with van der Waals surface area (Å²) in [6.07, 6.45) is 2.13. The summed E-state index contributed by atoms with van der Waals surface area (Å²) in [7, 11) is 0. The van der Waals surface area contributed by atoms with Gasteiger partial charge in [0.2, 0.25) is 0 Å². The van der Waals surface area contributed by atoms with Gasteiger partial charge in [-0.25, -0.2) is 9.37 Å². The lowest BCUT2D eigenvalue weighted by molar-refractivity contribution is 0.200. The summed E-state index contributed by atoms with van der Waals surface area (Å²) >= 11 is 0. The number of H-pyrrole nitrogens is 1. The van der Waals surface area contributed by atoms with E-state index in [-0.39, 0.29) is 5.82 Å². The Morgan fingerprint density at radius 1 is 1.04 bits per heavy atom. The van der Waals surface area contributed by atoms with Gasteiger partial charge in [0.25, 0.3) is 0 Å². The molecule has 0 aliphatic carbocycles. The highest BCUT2D eigenvalue weighted by Crippen LogP contribution is 2.28. The predicted molar refractivity (Wildman–Crippen MR) is 89.7 cm³/mol. The molecule has 1 saturated heterocycles. The first-order chi connectivity index (χ1) is 11.3. The van der Waals surface area contributed by atoms with E-state index in [4.69, 9.17) is 4.98 Å². The molecule has 3 nitrogen and oxygen atoms in total. The van der Waals surface area contributed by atoms with Crippen LogP contribution in [0.25, 0.3) is 11.0 Å². The number of para-hydroxylation sites is 2. The van der Waals surface area contributed by atoms with Crippen LogP contribution in [0.15, 0.2) is 48.5 Å². The Morgan fingerprint density at radius 3 is 2.57 bits per heavy atom. The lowest BCUT2D eigenvalue weighted by Gasteiger charge is -2.31. The number of fused-ring (bicyclic) bond motifs is 1. The van der Waals surface area contributed by atoms with Crippen molar-refractivity contribution >= 4 is 11.0 Å². The van der Waals surface area contributed by atoms with Gasteiger partial charge >= 0.3 is 0 Å². The van der Waals surface area contributed by atoms with Gasteiger partial charge in [0.1, 0.15) is 11.6 Å². The molecule has 0 unspecified atom stereocenters. The van der Waals surface area contributed by atoms with Crippen LogP contribution in [0.1, 0.15) is 30.1 Å². The van der Waals surface area contributed by atoms with E-state index >= 15 is 0 Å². The molecule has 1 fully saturated rings. The van der Waals surface area contributed by atoms with Crippen LogP contribution in [0.2, 0.25) is 0 Å². The Labute approximate surface area is 135 Å². The molecule has 23 heavy (non-hydrogen) atoms. The highest BCUT2D eigenvalue weighted by atomic mass is 19.1. The third-order valence-electron chi connectivity index (χ3n) is 4.73. The highest BCUT2D eigenvalue weighted by Gasteiger charge is 2.23. The minimum Gasteiger partial charge on any atom is -0.342 e. The third-order valence-corrected chi connectivity index (χ3v) is 4.73. The number of nitrogens with one attached hydrogen (secondary N) is 1. The van der Waals surface area contributed by atoms with E-state index in [9.17, 15) is 4.39 Å². The normalized spacial score (nSPS) is 16.9. The van der Waals surface area contributed by atoms with Crippen molar-refractivity contribution in [2.75, 3.05) is 13.1 Å². The topological polar surface area (TPSA) is 31.9 Å². The van der Waals surface area contributed by atoms with Crippen molar-refractivity contribution in [1.82, 2.24) is 14.9 Å². The Balaban J connectivity index is 1.41. The average Bonchev–Trinajstić information content (AvgIpc) is 3.02. The zero-order valence-electron chi connectivity index (χ0n) is 13.0. The monoisotopic (exact) mass is 309 g/mol. The van der Waals surface area contributed by atoms with Crippen LogP contribution in [0.3, 0.4) is 0 Å². The van der Waals surface area contributed by atoms with Gasteiger partial charge < -0.3 is 4.98 Å². The molecule has 1 N–H and O–H groups in total. The fourth-order valence-corrected chi connectivity index (χ4v) is 3.40. The second kappa shape index (κ2) is 6.13. The number of rotatable bonds is 3. The zero-order valence-corrected chi connectivity index (χ0v) is 13.0. The number of hydrogen-bond acceptors (Lipinski definition) is 2. The van der Waals surface area contributed by atoms with Gasteiger partial charge in [-0.3, -0.25) is 4.90 Å². The molecular weight excluding hydrogens is 289 g/mol. The van der Waals surface area contributed by atoms with E-state index in [1.54, 1.807) is 6.07 Å². The standard InChI is InChI=1S/C19H20FN3/c20-16-6-2-1-5-15(16)13-23-11-9-14(10-12-23)19-21-17-7-3-4-8-18(17)22-19/h1-8,14H,9-13H2,(H,21,22). The second-order valence-electron chi connectivity index (χ2n) is 6.28. The average molecular weight is 309 g/mol. The lowest BCUT2D eigenvalue weighted by atomic mass is 9.96. The van der Waals surface area contributed by atoms with E-state index in [1.165, 1.54) is 6.07 Å². The first kappa shape index (κ1) is 14.4. The smallest absolute Gasteiger partial charge is 0.127 e. The van der Waals surface area contributed by atoms with Gasteiger partial charge in [0.15, 0.2) is 0 Å². The maximum Gasteiger partial charge on any atom is 0.127 e. The maximum atomic E-state index is 13.8. The van der Waals surface area contributed by atoms with Crippen LogP contribution < -0.4 is 0 Å². The summed E-state index contributed by atoms with van der Waals surface area (Å²) in [5.74, 6) is 1.46. The van der Waals surface area contributed by atoms with Gasteiger partial charge in [-0.2, -0.15) is 0 Å². The Morgan fingerprint density at radius 2 is 1.78 bits per heavy atom. The van der Waals surface area contributed by atoms with Crippen LogP contribution in [0.4, 0.5) is 4.39 Å². The fraction of sp³-hybridized carbons (Fsp3) is 0.316. The molecule has 4 rings (SSSR count). The molecule has 4 heteroatoms. The van der Waals surface area contributed by atoms with Crippen LogP contribution in [-0.4, -0.2) is 28.0 Å². The van der Waals surface area contributed by atoms with Crippen LogP contribution >= 0.6 is 0 Å². The van der Waals surface area contributed by atoms with Crippen LogP contribution in [0.5, 0.6) is 0 Å². The van der Waals surface area contributed by atoms with Crippen LogP contribution in [0, 0.1) is 5.82 Å². The number of piperidine rings is 1. The molecule has 0 amide bonds. The van der Waals surface area contributed by atoms with E-state index < -0.39 is 0 Å². The molecule has 1 aliphatic rings. The molecule has 0 atom stereocenters. The van der Waals surface area contributed by atoms with Crippen molar-refractivity contribution in [3.63, 3.8) is 0 Å². The summed E-state index contributed by atoms with van der Waals surface area (Å²) in [6, 6.07) is 15.2. The van der Waals surface area contributed by atoms with Crippen molar-refractivity contribution < 1.29 is 4.39 Å². The van der Waals surface area contributed by atoms with Gasteiger partial charge in [-0.15, -0.1) is 0 Å². The predicted octanol–water partition coefficient (Wildman–Crippen LogP) is 4.08. The van der Waals surface area contributed by atoms with Gasteiger partial charge in [-0.05, 0) is 44.1 Å². The van der Waals surface area contributed by atoms with E-state index in [0.717, 1.165) is 48.4 Å². The third kappa shape index (κ3) is 2.99. The number of nitrogens with zero attached hydrogens (tertiary/aromatic N) is 2. The molecule has 2 aromatic carbocycles. The lowest BCUT2D eigenvalue weighted by Crippen LogP contribution is -2.33. The Kier molecular flexibility index (Phi) is 3.83. The van der Waals surface area contributed by atoms with Gasteiger partial charge in [-0.1, -0.05) is 30.3 Å². The molecule has 1 aromatic heterocycles. The van der Waals surface area contributed by atoms with Crippen molar-refractivity contribution in [1.29, 1.82) is 0 Å². The first-order valence-corrected chi connectivity index (χ1v) is 8.20. The summed E-state index contributed by atoms with van der Waals surface area (Å²) in [5.41, 5.74) is 2.93. The van der Waals surface area contributed by atoms with Crippen molar-refractivity contribution in [2.45, 2.75) is 25.3 Å². The Hall–Kier alpha value is -2.20. The highest BCUT2D eigenvalue weighted by molar-refractivity contribution is 5.74. The Bertz CT molecular complexity index is 770. The van der Waals surface area contributed by atoms with E-state index in [2.05, 4.69) is 16.0 Å². The largest absolute Gasteiger partial charge is 0.342 e. The number of halogens is 1. The zero-order chi connectivity index (χ0) is 15.6. The summed E-state index contributed by atoms with van der Waals surface area (Å²) in [4.78, 5) is 10.5. The second-order valence-corrected chi connectivity index (χ2v) is 6.28.